The molecule has 7 nitrogen and oxygen atoms in total. The van der Waals surface area contributed by atoms with Gasteiger partial charge in [-0.3, -0.25) is 9.69 Å². The van der Waals surface area contributed by atoms with E-state index in [0.29, 0.717) is 37.2 Å². The Bertz CT molecular complexity index is 1450. The Morgan fingerprint density at radius 1 is 0.915 bits per heavy atom. The third kappa shape index (κ3) is 10.6. The average Bonchev–Trinajstić information content (AvgIpc) is 3.03. The molecule has 2 aliphatic rings. The van der Waals surface area contributed by atoms with Crippen LogP contribution >= 0.6 is 0 Å². The van der Waals surface area contributed by atoms with Crippen LogP contribution in [0.4, 0.5) is 32.2 Å². The van der Waals surface area contributed by atoms with Crippen molar-refractivity contribution in [3.05, 3.63) is 76.9 Å². The molecule has 2 aromatic carbocycles. The maximum absolute atomic E-state index is 12.2. The van der Waals surface area contributed by atoms with E-state index in [1.807, 2.05) is 6.07 Å². The summed E-state index contributed by atoms with van der Waals surface area (Å²) in [6.45, 7) is 11.4. The maximum Gasteiger partial charge on any atom is 0.416 e. The number of morpholine rings is 1. The number of carbonyl (C=O) groups is 1. The number of anilines is 1. The minimum Gasteiger partial charge on any atom is -0.476 e. The van der Waals surface area contributed by atoms with E-state index in [2.05, 4.69) is 52.4 Å². The number of hydrogen-bond donors (Lipinski definition) is 1. The van der Waals surface area contributed by atoms with E-state index < -0.39 is 23.5 Å². The lowest BCUT2D eigenvalue weighted by Gasteiger charge is -2.40. The normalized spacial score (nSPS) is 16.3. The molecule has 2 saturated heterocycles. The molecule has 0 spiro atoms. The minimum atomic E-state index is -4.76. The zero-order valence-corrected chi connectivity index (χ0v) is 26.7. The van der Waals surface area contributed by atoms with Crippen LogP contribution < -0.4 is 15.0 Å². The Kier molecular flexibility index (Phi) is 12.1. The van der Waals surface area contributed by atoms with E-state index in [1.165, 1.54) is 25.0 Å². The molecule has 3 aromatic rings. The Labute approximate surface area is 270 Å². The third-order valence-corrected chi connectivity index (χ3v) is 8.05. The summed E-state index contributed by atoms with van der Waals surface area (Å²) in [5, 5.41) is 2.77. The SMILES string of the molecule is CC(=O)NCCOc1cc(-c2ccccc2C)cc(N2CCC(N3CCOCC3)CC2)n1.Cc1cc(C(F)(F)F)cc(C(F)(F)F)c1. The summed E-state index contributed by atoms with van der Waals surface area (Å²) in [5.74, 6) is 1.50. The van der Waals surface area contributed by atoms with Crippen LogP contribution in [0.3, 0.4) is 0 Å². The first kappa shape index (κ1) is 36.0. The summed E-state index contributed by atoms with van der Waals surface area (Å²) in [6.07, 6.45) is -7.25. The topological polar surface area (TPSA) is 66.9 Å². The molecule has 256 valence electrons. The lowest BCUT2D eigenvalue weighted by atomic mass is 10.00. The van der Waals surface area contributed by atoms with Gasteiger partial charge in [0, 0.05) is 45.2 Å². The van der Waals surface area contributed by atoms with E-state index >= 15 is 0 Å². The predicted octanol–water partition coefficient (Wildman–Crippen LogP) is 6.91. The van der Waals surface area contributed by atoms with Crippen LogP contribution in [0, 0.1) is 13.8 Å². The largest absolute Gasteiger partial charge is 0.476 e. The van der Waals surface area contributed by atoms with Crippen molar-refractivity contribution in [2.24, 2.45) is 0 Å². The van der Waals surface area contributed by atoms with Crippen molar-refractivity contribution in [2.75, 3.05) is 57.4 Å². The molecule has 0 aliphatic carbocycles. The summed E-state index contributed by atoms with van der Waals surface area (Å²) in [4.78, 5) is 20.9. The van der Waals surface area contributed by atoms with Gasteiger partial charge in [-0.2, -0.15) is 31.3 Å². The highest BCUT2D eigenvalue weighted by Gasteiger charge is 2.36. The fraction of sp³-hybridized carbons (Fsp3) is 0.471. The number of aryl methyl sites for hydroxylation is 2. The molecule has 1 amide bonds. The molecule has 0 unspecified atom stereocenters. The molecular formula is C34H40F6N4O3. The molecule has 1 aromatic heterocycles. The molecule has 0 saturated carbocycles. The van der Waals surface area contributed by atoms with Gasteiger partial charge in [0.15, 0.2) is 0 Å². The second kappa shape index (κ2) is 15.8. The summed E-state index contributed by atoms with van der Waals surface area (Å²) < 4.78 is 84.5. The van der Waals surface area contributed by atoms with Gasteiger partial charge in [-0.05, 0) is 73.2 Å². The molecule has 5 rings (SSSR count). The van der Waals surface area contributed by atoms with E-state index in [9.17, 15) is 31.1 Å². The number of aromatic nitrogens is 1. The van der Waals surface area contributed by atoms with Crippen molar-refractivity contribution in [1.29, 1.82) is 0 Å². The second-order valence-corrected chi connectivity index (χ2v) is 11.6. The van der Waals surface area contributed by atoms with Crippen molar-refractivity contribution >= 4 is 11.7 Å². The number of carbonyl (C=O) groups excluding carboxylic acids is 1. The third-order valence-electron chi connectivity index (χ3n) is 8.05. The van der Waals surface area contributed by atoms with E-state index in [4.69, 9.17) is 14.5 Å². The number of benzene rings is 2. The predicted molar refractivity (Wildman–Crippen MR) is 167 cm³/mol. The van der Waals surface area contributed by atoms with Crippen molar-refractivity contribution in [3.8, 4) is 17.0 Å². The number of piperidine rings is 1. The quantitative estimate of drug-likeness (QED) is 0.219. The van der Waals surface area contributed by atoms with Gasteiger partial charge in [0.1, 0.15) is 12.4 Å². The number of halogens is 6. The monoisotopic (exact) mass is 666 g/mol. The van der Waals surface area contributed by atoms with Gasteiger partial charge in [-0.1, -0.05) is 24.3 Å². The van der Waals surface area contributed by atoms with Gasteiger partial charge in [-0.15, -0.1) is 0 Å². The second-order valence-electron chi connectivity index (χ2n) is 11.6. The van der Waals surface area contributed by atoms with Gasteiger partial charge < -0.3 is 19.7 Å². The van der Waals surface area contributed by atoms with E-state index in [-0.39, 0.29) is 17.5 Å². The minimum absolute atomic E-state index is 0.0564. The number of amides is 1. The van der Waals surface area contributed by atoms with Crippen molar-refractivity contribution in [2.45, 2.75) is 52.0 Å². The number of nitrogens with one attached hydrogen (secondary N) is 1. The van der Waals surface area contributed by atoms with Crippen LogP contribution in [0.25, 0.3) is 11.1 Å². The zero-order chi connectivity index (χ0) is 34.2. The highest BCUT2D eigenvalue weighted by atomic mass is 19.4. The van der Waals surface area contributed by atoms with E-state index in [1.54, 1.807) is 0 Å². The highest BCUT2D eigenvalue weighted by Crippen LogP contribution is 2.36. The van der Waals surface area contributed by atoms with Crippen LogP contribution in [0.1, 0.15) is 42.0 Å². The van der Waals surface area contributed by atoms with Crippen LogP contribution in [-0.4, -0.2) is 74.4 Å². The zero-order valence-electron chi connectivity index (χ0n) is 26.7. The van der Waals surface area contributed by atoms with Gasteiger partial charge in [0.05, 0.1) is 30.9 Å². The molecule has 2 aliphatic heterocycles. The number of hydrogen-bond acceptors (Lipinski definition) is 6. The molecule has 1 N–H and O–H groups in total. The average molecular weight is 667 g/mol. The first-order valence-electron chi connectivity index (χ1n) is 15.5. The van der Waals surface area contributed by atoms with Gasteiger partial charge >= 0.3 is 12.4 Å². The lowest BCUT2D eigenvalue weighted by molar-refractivity contribution is -0.143. The molecule has 3 heterocycles. The molecule has 0 bridgehead atoms. The Morgan fingerprint density at radius 2 is 1.53 bits per heavy atom. The number of rotatable bonds is 7. The fourth-order valence-corrected chi connectivity index (χ4v) is 5.68. The lowest BCUT2D eigenvalue weighted by Crippen LogP contribution is -2.49. The maximum atomic E-state index is 12.2. The number of pyridine rings is 1. The molecule has 2 fully saturated rings. The summed E-state index contributed by atoms with van der Waals surface area (Å²) in [6, 6.07) is 14.6. The van der Waals surface area contributed by atoms with Crippen LogP contribution in [-0.2, 0) is 21.9 Å². The number of alkyl halides is 6. The van der Waals surface area contributed by atoms with Gasteiger partial charge in [-0.25, -0.2) is 0 Å². The molecule has 47 heavy (non-hydrogen) atoms. The first-order chi connectivity index (χ1) is 22.2. The molecular weight excluding hydrogens is 626 g/mol. The summed E-state index contributed by atoms with van der Waals surface area (Å²) in [5.41, 5.74) is 0.880. The molecule has 0 atom stereocenters. The summed E-state index contributed by atoms with van der Waals surface area (Å²) in [7, 11) is 0. The van der Waals surface area contributed by atoms with Crippen molar-refractivity contribution in [3.63, 3.8) is 0 Å². The highest BCUT2D eigenvalue weighted by molar-refractivity contribution is 5.73. The Morgan fingerprint density at radius 3 is 2.11 bits per heavy atom. The van der Waals surface area contributed by atoms with Gasteiger partial charge in [0.25, 0.3) is 0 Å². The number of ether oxygens (including phenoxy) is 2. The standard InChI is InChI=1S/C25H34N4O3.C9H6F6/c1-19-5-3-4-6-23(19)21-17-24(27-25(18-21)32-14-9-26-20(2)30)29-10-7-22(8-11-29)28-12-15-31-16-13-28;1-5-2-6(8(10,11)12)4-7(3-5)9(13,14)15/h3-6,17-18,22H,7-16H2,1-2H3,(H,26,30);2-4H,1H3. The van der Waals surface area contributed by atoms with Crippen molar-refractivity contribution in [1.82, 2.24) is 15.2 Å². The van der Waals surface area contributed by atoms with Gasteiger partial charge in [0.2, 0.25) is 11.8 Å². The Balaban J connectivity index is 0.000000280. The molecule has 0 radical (unpaired) electrons. The van der Waals surface area contributed by atoms with Crippen molar-refractivity contribution < 1.29 is 40.6 Å². The van der Waals surface area contributed by atoms with Crippen LogP contribution in [0.5, 0.6) is 5.88 Å². The van der Waals surface area contributed by atoms with Crippen LogP contribution in [0.15, 0.2) is 54.6 Å². The van der Waals surface area contributed by atoms with Crippen LogP contribution in [0.2, 0.25) is 0 Å². The number of nitrogens with zero attached hydrogens (tertiary/aromatic N) is 3. The molecule has 13 heteroatoms. The fourth-order valence-electron chi connectivity index (χ4n) is 5.68. The van der Waals surface area contributed by atoms with E-state index in [0.717, 1.165) is 63.6 Å². The smallest absolute Gasteiger partial charge is 0.416 e. The summed E-state index contributed by atoms with van der Waals surface area (Å²) >= 11 is 0. The Hall–Kier alpha value is -3.84. The first-order valence-corrected chi connectivity index (χ1v) is 15.5.